The van der Waals surface area contributed by atoms with Crippen molar-refractivity contribution in [1.29, 1.82) is 0 Å². The second-order valence-corrected chi connectivity index (χ2v) is 4.73. The summed E-state index contributed by atoms with van der Waals surface area (Å²) in [5, 5.41) is 2.81. The molecule has 0 unspecified atom stereocenters. The maximum absolute atomic E-state index is 11.8. The Labute approximate surface area is 116 Å². The second kappa shape index (κ2) is 5.61. The molecule has 5 nitrogen and oxygen atoms in total. The summed E-state index contributed by atoms with van der Waals surface area (Å²) < 4.78 is 5.32. The molecule has 1 heterocycles. The van der Waals surface area contributed by atoms with Crippen LogP contribution in [0.2, 0.25) is 0 Å². The van der Waals surface area contributed by atoms with Crippen LogP contribution < -0.4 is 11.1 Å². The van der Waals surface area contributed by atoms with Crippen molar-refractivity contribution < 1.29 is 14.0 Å². The third-order valence-electron chi connectivity index (χ3n) is 2.70. The van der Waals surface area contributed by atoms with Gasteiger partial charge in [0.2, 0.25) is 0 Å². The molecule has 0 aliphatic carbocycles. The van der Waals surface area contributed by atoms with Gasteiger partial charge in [0, 0.05) is 17.2 Å². The number of rotatable bonds is 4. The van der Waals surface area contributed by atoms with Gasteiger partial charge in [-0.05, 0) is 38.1 Å². The average Bonchev–Trinajstić information content (AvgIpc) is 2.88. The number of carbonyl (C=O) groups excluding carboxylic acids is 2. The van der Waals surface area contributed by atoms with Crippen molar-refractivity contribution in [1.82, 2.24) is 5.32 Å². The molecular weight excluding hydrogens is 256 g/mol. The smallest absolute Gasteiger partial charge is 0.284 e. The van der Waals surface area contributed by atoms with Crippen LogP contribution >= 0.6 is 0 Å². The van der Waals surface area contributed by atoms with E-state index in [-0.39, 0.29) is 17.7 Å². The molecule has 1 aromatic carbocycles. The molecule has 0 atom stereocenters. The Morgan fingerprint density at radius 2 is 1.75 bits per heavy atom. The molecule has 0 aliphatic rings. The summed E-state index contributed by atoms with van der Waals surface area (Å²) in [4.78, 5) is 22.8. The fourth-order valence-corrected chi connectivity index (χ4v) is 1.76. The van der Waals surface area contributed by atoms with Crippen LogP contribution in [0, 0.1) is 0 Å². The molecule has 0 fully saturated rings. The Balaban J connectivity index is 2.19. The lowest BCUT2D eigenvalue weighted by molar-refractivity contribution is 0.0941. The number of primary amides is 1. The topological polar surface area (TPSA) is 85.3 Å². The van der Waals surface area contributed by atoms with Crippen LogP contribution in [0.3, 0.4) is 0 Å². The summed E-state index contributed by atoms with van der Waals surface area (Å²) in [5.41, 5.74) is 6.48. The molecule has 0 saturated heterocycles. The lowest BCUT2D eigenvalue weighted by atomic mass is 10.1. The van der Waals surface area contributed by atoms with Crippen molar-refractivity contribution in [2.24, 2.45) is 5.73 Å². The fraction of sp³-hybridized carbons (Fsp3) is 0.200. The Kier molecular flexibility index (Phi) is 3.89. The lowest BCUT2D eigenvalue weighted by Crippen LogP contribution is -2.29. The molecule has 3 N–H and O–H groups in total. The number of hydrogen-bond acceptors (Lipinski definition) is 3. The lowest BCUT2D eigenvalue weighted by Gasteiger charge is -2.08. The first kappa shape index (κ1) is 13.9. The van der Waals surface area contributed by atoms with E-state index in [1.165, 1.54) is 6.07 Å². The zero-order valence-corrected chi connectivity index (χ0v) is 11.3. The number of nitrogens with one attached hydrogen (secondary N) is 1. The minimum atomic E-state index is -0.607. The molecule has 2 rings (SSSR count). The highest BCUT2D eigenvalue weighted by molar-refractivity contribution is 5.95. The maximum atomic E-state index is 11.8. The van der Waals surface area contributed by atoms with E-state index < -0.39 is 5.91 Å². The standard InChI is InChI=1S/C15H16N2O3/c1-9(2)17-15(19)11-5-3-10(4-6-11)12-7-8-13(20-12)14(16)18/h3-9H,1-2H3,(H2,16,18)(H,17,19). The highest BCUT2D eigenvalue weighted by Crippen LogP contribution is 2.22. The Bertz CT molecular complexity index is 627. The van der Waals surface area contributed by atoms with Crippen LogP contribution in [-0.2, 0) is 0 Å². The number of benzene rings is 1. The molecule has 5 heteroatoms. The monoisotopic (exact) mass is 272 g/mol. The van der Waals surface area contributed by atoms with Gasteiger partial charge in [-0.2, -0.15) is 0 Å². The SMILES string of the molecule is CC(C)NC(=O)c1ccc(-c2ccc(C(N)=O)o2)cc1. The molecule has 2 amide bonds. The van der Waals surface area contributed by atoms with Gasteiger partial charge < -0.3 is 15.5 Å². The Morgan fingerprint density at radius 3 is 2.25 bits per heavy atom. The predicted molar refractivity (Wildman–Crippen MR) is 75.3 cm³/mol. The summed E-state index contributed by atoms with van der Waals surface area (Å²) >= 11 is 0. The van der Waals surface area contributed by atoms with Crippen molar-refractivity contribution in [2.75, 3.05) is 0 Å². The third-order valence-corrected chi connectivity index (χ3v) is 2.70. The van der Waals surface area contributed by atoms with E-state index in [0.717, 1.165) is 5.56 Å². The number of amides is 2. The highest BCUT2D eigenvalue weighted by Gasteiger charge is 2.10. The Morgan fingerprint density at radius 1 is 1.10 bits per heavy atom. The zero-order chi connectivity index (χ0) is 14.7. The molecule has 104 valence electrons. The minimum Gasteiger partial charge on any atom is -0.451 e. The molecule has 0 spiro atoms. The molecule has 0 radical (unpaired) electrons. The number of carbonyl (C=O) groups is 2. The zero-order valence-electron chi connectivity index (χ0n) is 11.3. The van der Waals surface area contributed by atoms with E-state index in [0.29, 0.717) is 11.3 Å². The molecule has 2 aromatic rings. The van der Waals surface area contributed by atoms with E-state index in [4.69, 9.17) is 10.2 Å². The normalized spacial score (nSPS) is 10.6. The van der Waals surface area contributed by atoms with Gasteiger partial charge in [-0.1, -0.05) is 12.1 Å². The van der Waals surface area contributed by atoms with E-state index in [9.17, 15) is 9.59 Å². The first-order valence-electron chi connectivity index (χ1n) is 6.28. The average molecular weight is 272 g/mol. The minimum absolute atomic E-state index is 0.0883. The van der Waals surface area contributed by atoms with Gasteiger partial charge in [0.25, 0.3) is 11.8 Å². The van der Waals surface area contributed by atoms with Crippen LogP contribution in [0.1, 0.15) is 34.8 Å². The Hall–Kier alpha value is -2.56. The van der Waals surface area contributed by atoms with Crippen LogP contribution in [0.15, 0.2) is 40.8 Å². The van der Waals surface area contributed by atoms with Crippen molar-refractivity contribution in [3.8, 4) is 11.3 Å². The summed E-state index contributed by atoms with van der Waals surface area (Å²) in [6.07, 6.45) is 0. The predicted octanol–water partition coefficient (Wildman–Crippen LogP) is 2.18. The molecule has 0 bridgehead atoms. The largest absolute Gasteiger partial charge is 0.451 e. The van der Waals surface area contributed by atoms with E-state index in [1.807, 2.05) is 13.8 Å². The van der Waals surface area contributed by atoms with Crippen molar-refractivity contribution in [2.45, 2.75) is 19.9 Å². The summed E-state index contributed by atoms with van der Waals surface area (Å²) in [6.45, 7) is 3.81. The van der Waals surface area contributed by atoms with Gasteiger partial charge in [-0.25, -0.2) is 0 Å². The van der Waals surface area contributed by atoms with Gasteiger partial charge in [-0.3, -0.25) is 9.59 Å². The second-order valence-electron chi connectivity index (χ2n) is 4.73. The third kappa shape index (κ3) is 3.06. The van der Waals surface area contributed by atoms with Crippen molar-refractivity contribution in [3.05, 3.63) is 47.7 Å². The number of nitrogens with two attached hydrogens (primary N) is 1. The van der Waals surface area contributed by atoms with Crippen LogP contribution in [0.5, 0.6) is 0 Å². The molecular formula is C15H16N2O3. The molecule has 20 heavy (non-hydrogen) atoms. The van der Waals surface area contributed by atoms with E-state index >= 15 is 0 Å². The van der Waals surface area contributed by atoms with Crippen molar-refractivity contribution >= 4 is 11.8 Å². The van der Waals surface area contributed by atoms with E-state index in [1.54, 1.807) is 30.3 Å². The van der Waals surface area contributed by atoms with Gasteiger partial charge >= 0.3 is 0 Å². The summed E-state index contributed by atoms with van der Waals surface area (Å²) in [6, 6.07) is 10.2. The first-order chi connectivity index (χ1) is 9.47. The first-order valence-corrected chi connectivity index (χ1v) is 6.28. The fourth-order valence-electron chi connectivity index (χ4n) is 1.76. The van der Waals surface area contributed by atoms with E-state index in [2.05, 4.69) is 5.32 Å². The molecule has 0 saturated carbocycles. The maximum Gasteiger partial charge on any atom is 0.284 e. The molecule has 1 aromatic heterocycles. The summed E-state index contributed by atoms with van der Waals surface area (Å²) in [7, 11) is 0. The van der Waals surface area contributed by atoms with Crippen LogP contribution in [-0.4, -0.2) is 17.9 Å². The highest BCUT2D eigenvalue weighted by atomic mass is 16.3. The van der Waals surface area contributed by atoms with Gasteiger partial charge in [0.1, 0.15) is 5.76 Å². The molecule has 0 aliphatic heterocycles. The quantitative estimate of drug-likeness (QED) is 0.894. The van der Waals surface area contributed by atoms with Crippen LogP contribution in [0.4, 0.5) is 0 Å². The number of furan rings is 1. The van der Waals surface area contributed by atoms with Crippen LogP contribution in [0.25, 0.3) is 11.3 Å². The number of hydrogen-bond donors (Lipinski definition) is 2. The van der Waals surface area contributed by atoms with Gasteiger partial charge in [-0.15, -0.1) is 0 Å². The van der Waals surface area contributed by atoms with Gasteiger partial charge in [0.15, 0.2) is 5.76 Å². The van der Waals surface area contributed by atoms with Crippen molar-refractivity contribution in [3.63, 3.8) is 0 Å². The summed E-state index contributed by atoms with van der Waals surface area (Å²) in [5.74, 6) is -0.0794. The van der Waals surface area contributed by atoms with Gasteiger partial charge in [0.05, 0.1) is 0 Å².